The normalized spacial score (nSPS) is 48.4. The molecule has 1 N–H and O–H groups in total. The molecule has 4 heterocycles. The molecule has 0 aromatic carbocycles. The SMILES string of the molecule is C[C@H]1[C@@H](C(=O)OCCC(=O)O)O[C@@H]2O[C@]3(C)CCC4[C@H](C)CC[C@@H]1C42OO3. The number of carboxylic acids is 1. The van der Waals surface area contributed by atoms with Gasteiger partial charge in [0.2, 0.25) is 5.79 Å². The molecule has 2 bridgehead atoms. The second-order valence-electron chi connectivity index (χ2n) is 8.64. The van der Waals surface area contributed by atoms with Crippen molar-refractivity contribution in [2.75, 3.05) is 6.61 Å². The van der Waals surface area contributed by atoms with Crippen molar-refractivity contribution in [2.45, 2.75) is 76.7 Å². The molecule has 152 valence electrons. The van der Waals surface area contributed by atoms with E-state index in [4.69, 9.17) is 29.1 Å². The largest absolute Gasteiger partial charge is 0.481 e. The molecule has 0 aromatic rings. The van der Waals surface area contributed by atoms with Crippen molar-refractivity contribution in [3.63, 3.8) is 0 Å². The molecule has 8 heteroatoms. The van der Waals surface area contributed by atoms with Gasteiger partial charge in [-0.3, -0.25) is 4.79 Å². The molecule has 0 amide bonds. The third-order valence-corrected chi connectivity index (χ3v) is 6.95. The van der Waals surface area contributed by atoms with E-state index in [9.17, 15) is 9.59 Å². The Kier molecular flexibility index (Phi) is 4.73. The van der Waals surface area contributed by atoms with Gasteiger partial charge in [0.15, 0.2) is 18.0 Å². The summed E-state index contributed by atoms with van der Waals surface area (Å²) in [7, 11) is 0. The summed E-state index contributed by atoms with van der Waals surface area (Å²) in [6, 6.07) is 0. The minimum atomic E-state index is -1.01. The average Bonchev–Trinajstić information content (AvgIpc) is 2.84. The maximum Gasteiger partial charge on any atom is 0.335 e. The first-order valence-electron chi connectivity index (χ1n) is 9.85. The van der Waals surface area contributed by atoms with Gasteiger partial charge in [-0.1, -0.05) is 13.8 Å². The first kappa shape index (κ1) is 19.1. The fraction of sp³-hybridized carbons (Fsp3) is 0.895. The van der Waals surface area contributed by atoms with Gasteiger partial charge in [-0.15, -0.1) is 0 Å². The topological polar surface area (TPSA) is 101 Å². The lowest BCUT2D eigenvalue weighted by Crippen LogP contribution is -2.71. The highest BCUT2D eigenvalue weighted by Crippen LogP contribution is 2.60. The van der Waals surface area contributed by atoms with E-state index < -0.39 is 35.7 Å². The van der Waals surface area contributed by atoms with Crippen LogP contribution in [0, 0.1) is 23.7 Å². The quantitative estimate of drug-likeness (QED) is 0.582. The van der Waals surface area contributed by atoms with Crippen molar-refractivity contribution >= 4 is 11.9 Å². The Morgan fingerprint density at radius 2 is 1.93 bits per heavy atom. The van der Waals surface area contributed by atoms with E-state index in [2.05, 4.69) is 6.92 Å². The van der Waals surface area contributed by atoms with E-state index in [1.807, 2.05) is 13.8 Å². The van der Waals surface area contributed by atoms with Crippen LogP contribution in [0.5, 0.6) is 0 Å². The molecule has 5 rings (SSSR count). The zero-order valence-electron chi connectivity index (χ0n) is 16.0. The third kappa shape index (κ3) is 2.97. The van der Waals surface area contributed by atoms with Gasteiger partial charge in [0.05, 0.1) is 6.42 Å². The smallest absolute Gasteiger partial charge is 0.335 e. The molecule has 5 aliphatic rings. The third-order valence-electron chi connectivity index (χ3n) is 6.95. The molecule has 1 saturated carbocycles. The second-order valence-corrected chi connectivity index (χ2v) is 8.64. The molecular formula is C19H28O8. The number of esters is 1. The number of hydrogen-bond donors (Lipinski definition) is 1. The predicted octanol–water partition coefficient (Wildman–Crippen LogP) is 2.25. The molecule has 2 unspecified atom stereocenters. The van der Waals surface area contributed by atoms with Crippen LogP contribution in [0.25, 0.3) is 0 Å². The molecule has 8 atom stereocenters. The first-order valence-corrected chi connectivity index (χ1v) is 9.85. The Hall–Kier alpha value is -1.22. The molecule has 4 saturated heterocycles. The van der Waals surface area contributed by atoms with E-state index in [0.717, 1.165) is 19.3 Å². The summed E-state index contributed by atoms with van der Waals surface area (Å²) in [6.45, 7) is 5.86. The van der Waals surface area contributed by atoms with Gasteiger partial charge < -0.3 is 19.3 Å². The Bertz CT molecular complexity index is 623. The van der Waals surface area contributed by atoms with Crippen LogP contribution in [-0.4, -0.2) is 47.4 Å². The van der Waals surface area contributed by atoms with E-state index in [1.165, 1.54) is 0 Å². The summed E-state index contributed by atoms with van der Waals surface area (Å²) in [5.41, 5.74) is -0.717. The number of hydrogen-bond acceptors (Lipinski definition) is 7. The maximum atomic E-state index is 12.6. The van der Waals surface area contributed by atoms with Crippen molar-refractivity contribution in [1.29, 1.82) is 0 Å². The predicted molar refractivity (Wildman–Crippen MR) is 90.0 cm³/mol. The number of carbonyl (C=O) groups is 2. The van der Waals surface area contributed by atoms with E-state index in [1.54, 1.807) is 0 Å². The number of rotatable bonds is 4. The van der Waals surface area contributed by atoms with Crippen LogP contribution in [0.15, 0.2) is 0 Å². The summed E-state index contributed by atoms with van der Waals surface area (Å²) >= 11 is 0. The lowest BCUT2D eigenvalue weighted by molar-refractivity contribution is -0.569. The minimum Gasteiger partial charge on any atom is -0.481 e. The van der Waals surface area contributed by atoms with Crippen LogP contribution in [0.1, 0.15) is 52.9 Å². The lowest BCUT2D eigenvalue weighted by atomic mass is 9.57. The monoisotopic (exact) mass is 384 g/mol. The highest BCUT2D eigenvalue weighted by atomic mass is 17.3. The Morgan fingerprint density at radius 1 is 1.15 bits per heavy atom. The lowest BCUT2D eigenvalue weighted by Gasteiger charge is -2.60. The molecule has 8 nitrogen and oxygen atoms in total. The molecule has 0 radical (unpaired) electrons. The number of carbonyl (C=O) groups excluding carboxylic acids is 1. The van der Waals surface area contributed by atoms with Crippen LogP contribution < -0.4 is 0 Å². The van der Waals surface area contributed by atoms with Crippen LogP contribution in [0.3, 0.4) is 0 Å². The molecule has 1 spiro atoms. The Balaban J connectivity index is 1.60. The van der Waals surface area contributed by atoms with Gasteiger partial charge in [0.1, 0.15) is 6.61 Å². The molecule has 5 fully saturated rings. The van der Waals surface area contributed by atoms with Crippen molar-refractivity contribution in [3.8, 4) is 0 Å². The fourth-order valence-corrected chi connectivity index (χ4v) is 5.50. The van der Waals surface area contributed by atoms with Crippen molar-refractivity contribution < 1.29 is 38.7 Å². The Morgan fingerprint density at radius 3 is 2.67 bits per heavy atom. The molecule has 1 aliphatic carbocycles. The summed E-state index contributed by atoms with van der Waals surface area (Å²) in [4.78, 5) is 35.0. The Labute approximate surface area is 158 Å². The summed E-state index contributed by atoms with van der Waals surface area (Å²) < 4.78 is 17.5. The van der Waals surface area contributed by atoms with Gasteiger partial charge in [0.25, 0.3) is 0 Å². The fourth-order valence-electron chi connectivity index (χ4n) is 5.50. The van der Waals surface area contributed by atoms with Gasteiger partial charge in [0, 0.05) is 12.3 Å². The van der Waals surface area contributed by atoms with Crippen LogP contribution >= 0.6 is 0 Å². The van der Waals surface area contributed by atoms with Crippen LogP contribution in [0.2, 0.25) is 0 Å². The second kappa shape index (κ2) is 6.69. The number of carboxylic acid groups (broad SMARTS) is 1. The van der Waals surface area contributed by atoms with Crippen molar-refractivity contribution in [2.24, 2.45) is 23.7 Å². The minimum absolute atomic E-state index is 0.0390. The zero-order valence-corrected chi connectivity index (χ0v) is 16.0. The standard InChI is InChI=1S/C19H28O8/c1-10-4-5-13-11(2)15(16(22)23-9-7-14(20)21)24-17-19(13)12(10)6-8-18(3,25-17)26-27-19/h10-13,15,17H,4-9H2,1-3H3,(H,20,21)/t10-,11-,12?,13+,15+,17-,18+,19?/m1/s1. The van der Waals surface area contributed by atoms with Gasteiger partial charge in [-0.2, -0.15) is 0 Å². The molecule has 0 aromatic heterocycles. The van der Waals surface area contributed by atoms with Gasteiger partial charge >= 0.3 is 11.9 Å². The van der Waals surface area contributed by atoms with E-state index in [-0.39, 0.29) is 30.8 Å². The number of fused-ring (bicyclic) bond motifs is 2. The van der Waals surface area contributed by atoms with Crippen LogP contribution in [0.4, 0.5) is 0 Å². The molecular weight excluding hydrogens is 356 g/mol. The number of aliphatic carboxylic acids is 1. The van der Waals surface area contributed by atoms with Crippen molar-refractivity contribution in [1.82, 2.24) is 0 Å². The summed E-state index contributed by atoms with van der Waals surface area (Å²) in [5.74, 6) is -1.87. The molecule has 4 aliphatic heterocycles. The summed E-state index contributed by atoms with van der Waals surface area (Å²) in [6.07, 6.45) is 1.84. The van der Waals surface area contributed by atoms with Gasteiger partial charge in [-0.05, 0) is 43.9 Å². The highest BCUT2D eigenvalue weighted by Gasteiger charge is 2.70. The van der Waals surface area contributed by atoms with E-state index in [0.29, 0.717) is 12.3 Å². The van der Waals surface area contributed by atoms with Crippen molar-refractivity contribution in [3.05, 3.63) is 0 Å². The summed E-state index contributed by atoms with van der Waals surface area (Å²) in [5, 5.41) is 8.74. The molecule has 27 heavy (non-hydrogen) atoms. The highest BCUT2D eigenvalue weighted by molar-refractivity contribution is 5.76. The van der Waals surface area contributed by atoms with Gasteiger partial charge in [-0.25, -0.2) is 14.6 Å². The van der Waals surface area contributed by atoms with E-state index >= 15 is 0 Å². The van der Waals surface area contributed by atoms with Crippen LogP contribution in [-0.2, 0) is 33.6 Å². The average molecular weight is 384 g/mol. The zero-order chi connectivity index (χ0) is 19.4. The number of ether oxygens (including phenoxy) is 3. The first-order chi connectivity index (χ1) is 12.8. The maximum absolute atomic E-state index is 12.6.